The lowest BCUT2D eigenvalue weighted by molar-refractivity contribution is 0.417. The van der Waals surface area contributed by atoms with Crippen LogP contribution in [-0.2, 0) is 6.54 Å². The molecule has 0 aliphatic rings. The summed E-state index contributed by atoms with van der Waals surface area (Å²) in [7, 11) is 0. The molecule has 2 aromatic rings. The van der Waals surface area contributed by atoms with Crippen molar-refractivity contribution in [2.24, 2.45) is 5.92 Å². The number of rotatable bonds is 5. The largest absolute Gasteiger partial charge is 0.326 e. The minimum atomic E-state index is -0.278. The van der Waals surface area contributed by atoms with Gasteiger partial charge in [0.1, 0.15) is 11.3 Å². The van der Waals surface area contributed by atoms with Crippen LogP contribution in [0, 0.1) is 11.7 Å². The molecule has 0 saturated carbocycles. The van der Waals surface area contributed by atoms with Crippen LogP contribution in [0.15, 0.2) is 18.2 Å². The van der Waals surface area contributed by atoms with Gasteiger partial charge in [0.25, 0.3) is 0 Å². The Balaban J connectivity index is 2.55. The van der Waals surface area contributed by atoms with Crippen molar-refractivity contribution < 1.29 is 4.39 Å². The van der Waals surface area contributed by atoms with Crippen LogP contribution in [0.25, 0.3) is 11.0 Å². The topological polar surface area (TPSA) is 17.8 Å². The zero-order valence-electron chi connectivity index (χ0n) is 11.7. The van der Waals surface area contributed by atoms with Gasteiger partial charge in [-0.15, -0.1) is 11.6 Å². The number of imidazole rings is 1. The molecular formula is C15H20ClFN2. The van der Waals surface area contributed by atoms with E-state index in [4.69, 9.17) is 11.6 Å². The Hall–Kier alpha value is -1.09. The summed E-state index contributed by atoms with van der Waals surface area (Å²) in [5.74, 6) is 1.04. The molecule has 0 radical (unpaired) electrons. The lowest BCUT2D eigenvalue weighted by Gasteiger charge is -2.17. The highest BCUT2D eigenvalue weighted by atomic mass is 35.5. The van der Waals surface area contributed by atoms with Crippen molar-refractivity contribution in [3.05, 3.63) is 29.8 Å². The molecule has 0 amide bonds. The van der Waals surface area contributed by atoms with Gasteiger partial charge in [-0.2, -0.15) is 0 Å². The van der Waals surface area contributed by atoms with Gasteiger partial charge in [0.2, 0.25) is 0 Å². The molecule has 0 saturated heterocycles. The lowest BCUT2D eigenvalue weighted by atomic mass is 10.0. The molecule has 1 heterocycles. The molecule has 4 heteroatoms. The summed E-state index contributed by atoms with van der Waals surface area (Å²) in [4.78, 5) is 4.39. The van der Waals surface area contributed by atoms with Gasteiger partial charge in [-0.05, 0) is 25.0 Å². The van der Waals surface area contributed by atoms with Crippen LogP contribution in [0.5, 0.6) is 0 Å². The van der Waals surface area contributed by atoms with Crippen molar-refractivity contribution in [2.75, 3.05) is 0 Å². The number of hydrogen-bond donors (Lipinski definition) is 0. The molecule has 0 bridgehead atoms. The quantitative estimate of drug-likeness (QED) is 0.712. The predicted octanol–water partition coefficient (Wildman–Crippen LogP) is 4.91. The summed E-state index contributed by atoms with van der Waals surface area (Å²) in [5, 5.41) is -0.221. The van der Waals surface area contributed by atoms with Crippen molar-refractivity contribution >= 4 is 22.6 Å². The fourth-order valence-electron chi connectivity index (χ4n) is 2.43. The number of nitrogens with zero attached hydrogens (tertiary/aromatic N) is 2. The average Bonchev–Trinajstić information content (AvgIpc) is 2.76. The fraction of sp³-hybridized carbons (Fsp3) is 0.533. The molecule has 0 N–H and O–H groups in total. The first-order chi connectivity index (χ1) is 9.08. The molecule has 19 heavy (non-hydrogen) atoms. The Bertz CT molecular complexity index is 559. The summed E-state index contributed by atoms with van der Waals surface area (Å²) in [6.07, 6.45) is 2.20. The highest BCUT2D eigenvalue weighted by molar-refractivity contribution is 6.20. The monoisotopic (exact) mass is 282 g/mol. The van der Waals surface area contributed by atoms with Crippen molar-refractivity contribution in [3.63, 3.8) is 0 Å². The van der Waals surface area contributed by atoms with Crippen LogP contribution in [0.3, 0.4) is 0 Å². The van der Waals surface area contributed by atoms with Crippen LogP contribution in [0.4, 0.5) is 4.39 Å². The van der Waals surface area contributed by atoms with Gasteiger partial charge < -0.3 is 4.57 Å². The Labute approximate surface area is 118 Å². The summed E-state index contributed by atoms with van der Waals surface area (Å²) >= 11 is 6.20. The van der Waals surface area contributed by atoms with Crippen LogP contribution >= 0.6 is 11.6 Å². The second kappa shape index (κ2) is 5.91. The van der Waals surface area contributed by atoms with E-state index < -0.39 is 0 Å². The predicted molar refractivity (Wildman–Crippen MR) is 78.0 cm³/mol. The Morgan fingerprint density at radius 1 is 1.32 bits per heavy atom. The number of hydrogen-bond acceptors (Lipinski definition) is 1. The maximum atomic E-state index is 13.8. The number of benzene rings is 1. The second-order valence-electron chi connectivity index (χ2n) is 4.99. The molecule has 0 aliphatic heterocycles. The second-order valence-corrected chi connectivity index (χ2v) is 5.64. The van der Waals surface area contributed by atoms with E-state index in [-0.39, 0.29) is 11.2 Å². The first-order valence-corrected chi connectivity index (χ1v) is 7.30. The number of fused-ring (bicyclic) bond motifs is 1. The van der Waals surface area contributed by atoms with Gasteiger partial charge in [-0.3, -0.25) is 0 Å². The van der Waals surface area contributed by atoms with E-state index in [0.717, 1.165) is 30.7 Å². The van der Waals surface area contributed by atoms with Gasteiger partial charge in [-0.25, -0.2) is 9.37 Å². The molecule has 1 aromatic carbocycles. The van der Waals surface area contributed by atoms with E-state index in [9.17, 15) is 4.39 Å². The molecule has 1 unspecified atom stereocenters. The molecule has 0 fully saturated rings. The number of halogens is 2. The van der Waals surface area contributed by atoms with Crippen molar-refractivity contribution in [3.8, 4) is 0 Å². The summed E-state index contributed by atoms with van der Waals surface area (Å²) < 4.78 is 15.9. The van der Waals surface area contributed by atoms with Crippen LogP contribution in [0.1, 0.15) is 44.8 Å². The minimum absolute atomic E-state index is 0.221. The molecular weight excluding hydrogens is 263 g/mol. The first kappa shape index (κ1) is 14.3. The van der Waals surface area contributed by atoms with Gasteiger partial charge in [-0.1, -0.05) is 32.8 Å². The number of alkyl halides is 1. The Morgan fingerprint density at radius 2 is 2.00 bits per heavy atom. The Morgan fingerprint density at radius 3 is 2.58 bits per heavy atom. The summed E-state index contributed by atoms with van der Waals surface area (Å²) in [5.41, 5.74) is 1.27. The van der Waals surface area contributed by atoms with Crippen molar-refractivity contribution in [1.82, 2.24) is 9.55 Å². The summed E-state index contributed by atoms with van der Waals surface area (Å²) in [6.45, 7) is 7.08. The van der Waals surface area contributed by atoms with Crippen LogP contribution < -0.4 is 0 Å². The number of para-hydroxylation sites is 1. The third kappa shape index (κ3) is 2.76. The molecule has 104 valence electrons. The Kier molecular flexibility index (Phi) is 4.46. The van der Waals surface area contributed by atoms with E-state index in [1.165, 1.54) is 6.07 Å². The van der Waals surface area contributed by atoms with Gasteiger partial charge >= 0.3 is 0 Å². The third-order valence-corrected chi connectivity index (χ3v) is 3.91. The fourth-order valence-corrected chi connectivity index (χ4v) is 2.60. The standard InChI is InChI=1S/C15H20ClFN2/c1-4-11(5-2)9-19-13-8-6-7-12(17)14(13)18-15(19)10(3)16/h6-8,10-11H,4-5,9H2,1-3H3. The SMILES string of the molecule is CCC(CC)Cn1c(C(C)Cl)nc2c(F)cccc21. The lowest BCUT2D eigenvalue weighted by Crippen LogP contribution is -2.12. The third-order valence-electron chi connectivity index (χ3n) is 3.71. The van der Waals surface area contributed by atoms with Crippen LogP contribution in [0.2, 0.25) is 0 Å². The zero-order chi connectivity index (χ0) is 14.0. The van der Waals surface area contributed by atoms with E-state index in [2.05, 4.69) is 23.4 Å². The normalized spacial score (nSPS) is 13.4. The zero-order valence-corrected chi connectivity index (χ0v) is 12.4. The van der Waals surface area contributed by atoms with Crippen LogP contribution in [-0.4, -0.2) is 9.55 Å². The van der Waals surface area contributed by atoms with E-state index in [0.29, 0.717) is 11.4 Å². The van der Waals surface area contributed by atoms with E-state index in [1.54, 1.807) is 6.07 Å². The average molecular weight is 283 g/mol. The van der Waals surface area contributed by atoms with E-state index >= 15 is 0 Å². The first-order valence-electron chi connectivity index (χ1n) is 6.87. The summed E-state index contributed by atoms with van der Waals surface area (Å²) in [6, 6.07) is 5.08. The molecule has 0 spiro atoms. The van der Waals surface area contributed by atoms with Gasteiger partial charge in [0, 0.05) is 6.54 Å². The highest BCUT2D eigenvalue weighted by Crippen LogP contribution is 2.27. The molecule has 1 aromatic heterocycles. The molecule has 0 aliphatic carbocycles. The maximum absolute atomic E-state index is 13.8. The maximum Gasteiger partial charge on any atom is 0.151 e. The number of aromatic nitrogens is 2. The minimum Gasteiger partial charge on any atom is -0.326 e. The molecule has 2 rings (SSSR count). The smallest absolute Gasteiger partial charge is 0.151 e. The van der Waals surface area contributed by atoms with E-state index in [1.807, 2.05) is 13.0 Å². The van der Waals surface area contributed by atoms with Crippen molar-refractivity contribution in [1.29, 1.82) is 0 Å². The van der Waals surface area contributed by atoms with Gasteiger partial charge in [0.05, 0.1) is 10.9 Å². The van der Waals surface area contributed by atoms with Crippen molar-refractivity contribution in [2.45, 2.75) is 45.5 Å². The molecule has 1 atom stereocenters. The van der Waals surface area contributed by atoms with Gasteiger partial charge in [0.15, 0.2) is 5.82 Å². The highest BCUT2D eigenvalue weighted by Gasteiger charge is 2.18. The molecule has 2 nitrogen and oxygen atoms in total.